The van der Waals surface area contributed by atoms with E-state index in [9.17, 15) is 0 Å². The van der Waals surface area contributed by atoms with Crippen LogP contribution in [-0.2, 0) is 0 Å². The Bertz CT molecular complexity index is 459. The van der Waals surface area contributed by atoms with Crippen molar-refractivity contribution < 1.29 is 4.74 Å². The summed E-state index contributed by atoms with van der Waals surface area (Å²) in [5, 5.41) is 3.86. The summed E-state index contributed by atoms with van der Waals surface area (Å²) >= 11 is 0. The highest BCUT2D eigenvalue weighted by atomic mass is 16.5. The second-order valence-corrected chi connectivity index (χ2v) is 6.94. The lowest BCUT2D eigenvalue weighted by Gasteiger charge is -2.40. The molecule has 2 aliphatic carbocycles. The molecule has 0 amide bonds. The van der Waals surface area contributed by atoms with E-state index in [2.05, 4.69) is 30.4 Å². The van der Waals surface area contributed by atoms with Gasteiger partial charge in [0.2, 0.25) is 0 Å². The number of hydrogen-bond acceptors (Lipinski definition) is 2. The Hall–Kier alpha value is -1.02. The van der Waals surface area contributed by atoms with E-state index in [4.69, 9.17) is 4.74 Å². The fourth-order valence-electron chi connectivity index (χ4n) is 4.49. The Morgan fingerprint density at radius 3 is 2.62 bits per heavy atom. The lowest BCUT2D eigenvalue weighted by molar-refractivity contribution is 0.139. The van der Waals surface area contributed by atoms with Crippen LogP contribution in [0.2, 0.25) is 0 Å². The molecule has 0 aromatic heterocycles. The number of ether oxygens (including phenoxy) is 1. The number of benzene rings is 1. The zero-order chi connectivity index (χ0) is 14.7. The first-order valence-electron chi connectivity index (χ1n) is 8.67. The van der Waals surface area contributed by atoms with Gasteiger partial charge >= 0.3 is 0 Å². The Kier molecular flexibility index (Phi) is 4.84. The van der Waals surface area contributed by atoms with Crippen LogP contribution in [0.3, 0.4) is 0 Å². The largest absolute Gasteiger partial charge is 0.496 e. The minimum absolute atomic E-state index is 0.367. The Morgan fingerprint density at radius 1 is 1.05 bits per heavy atom. The molecule has 1 aromatic rings. The number of para-hydroxylation sites is 1. The molecule has 0 saturated heterocycles. The normalized spacial score (nSPS) is 30.5. The molecule has 2 saturated carbocycles. The Balaban J connectivity index is 1.61. The Morgan fingerprint density at radius 2 is 1.81 bits per heavy atom. The molecule has 1 aromatic carbocycles. The first-order chi connectivity index (χ1) is 10.3. The summed E-state index contributed by atoms with van der Waals surface area (Å²) in [4.78, 5) is 0. The van der Waals surface area contributed by atoms with E-state index in [0.29, 0.717) is 12.1 Å². The van der Waals surface area contributed by atoms with E-state index in [1.54, 1.807) is 7.11 Å². The second kappa shape index (κ2) is 6.83. The van der Waals surface area contributed by atoms with Gasteiger partial charge in [-0.3, -0.25) is 0 Å². The van der Waals surface area contributed by atoms with E-state index in [1.807, 2.05) is 6.07 Å². The van der Waals surface area contributed by atoms with Crippen molar-refractivity contribution in [2.75, 3.05) is 7.11 Å². The van der Waals surface area contributed by atoms with Crippen LogP contribution in [0.1, 0.15) is 63.5 Å². The summed E-state index contributed by atoms with van der Waals surface area (Å²) in [6.07, 6.45) is 10.0. The van der Waals surface area contributed by atoms with Crippen LogP contribution in [0.4, 0.5) is 0 Å². The van der Waals surface area contributed by atoms with Crippen LogP contribution in [-0.4, -0.2) is 13.2 Å². The lowest BCUT2D eigenvalue weighted by Crippen LogP contribution is -2.39. The number of rotatable bonds is 4. The molecule has 2 aliphatic rings. The monoisotopic (exact) mass is 287 g/mol. The topological polar surface area (TPSA) is 21.3 Å². The summed E-state index contributed by atoms with van der Waals surface area (Å²) in [5.74, 6) is 3.01. The van der Waals surface area contributed by atoms with Gasteiger partial charge in [-0.05, 0) is 44.1 Å². The third kappa shape index (κ3) is 3.42. The van der Waals surface area contributed by atoms with Crippen molar-refractivity contribution in [1.82, 2.24) is 5.32 Å². The van der Waals surface area contributed by atoms with Crippen LogP contribution in [0.25, 0.3) is 0 Å². The molecule has 4 atom stereocenters. The van der Waals surface area contributed by atoms with Crippen molar-refractivity contribution >= 4 is 0 Å². The van der Waals surface area contributed by atoms with Crippen LogP contribution in [0.5, 0.6) is 5.75 Å². The van der Waals surface area contributed by atoms with Gasteiger partial charge in [-0.2, -0.15) is 0 Å². The fourth-order valence-corrected chi connectivity index (χ4v) is 4.49. The maximum Gasteiger partial charge on any atom is 0.123 e. The quantitative estimate of drug-likeness (QED) is 0.866. The summed E-state index contributed by atoms with van der Waals surface area (Å²) in [5.41, 5.74) is 1.28. The average Bonchev–Trinajstić information content (AvgIpc) is 2.54. The summed E-state index contributed by atoms with van der Waals surface area (Å²) in [6.45, 7) is 2.27. The molecule has 2 fully saturated rings. The van der Waals surface area contributed by atoms with E-state index in [0.717, 1.165) is 17.6 Å². The van der Waals surface area contributed by atoms with Crippen LogP contribution in [0, 0.1) is 11.8 Å². The van der Waals surface area contributed by atoms with Gasteiger partial charge in [-0.15, -0.1) is 0 Å². The smallest absolute Gasteiger partial charge is 0.123 e. The van der Waals surface area contributed by atoms with Gasteiger partial charge in [0, 0.05) is 17.6 Å². The molecule has 21 heavy (non-hydrogen) atoms. The fraction of sp³-hybridized carbons (Fsp3) is 0.684. The molecule has 2 nitrogen and oxygen atoms in total. The molecule has 3 unspecified atom stereocenters. The highest BCUT2D eigenvalue weighted by Gasteiger charge is 2.32. The van der Waals surface area contributed by atoms with Crippen LogP contribution in [0.15, 0.2) is 24.3 Å². The van der Waals surface area contributed by atoms with Crippen molar-refractivity contribution in [3.05, 3.63) is 29.8 Å². The summed E-state index contributed by atoms with van der Waals surface area (Å²) < 4.78 is 5.50. The predicted octanol–water partition coefficient (Wildman–Crippen LogP) is 4.70. The SMILES string of the molecule is COc1ccccc1[C@H](C)NC1CCC2CCCCC2C1. The molecular formula is C19H29NO. The van der Waals surface area contributed by atoms with Gasteiger partial charge in [0.15, 0.2) is 0 Å². The number of nitrogens with one attached hydrogen (secondary N) is 1. The zero-order valence-corrected chi connectivity index (χ0v) is 13.5. The maximum absolute atomic E-state index is 5.50. The van der Waals surface area contributed by atoms with Crippen molar-refractivity contribution in [3.63, 3.8) is 0 Å². The third-order valence-electron chi connectivity index (χ3n) is 5.63. The highest BCUT2D eigenvalue weighted by Crippen LogP contribution is 2.41. The molecule has 2 heteroatoms. The van der Waals surface area contributed by atoms with Crippen LogP contribution < -0.4 is 10.1 Å². The van der Waals surface area contributed by atoms with E-state index < -0.39 is 0 Å². The summed E-state index contributed by atoms with van der Waals surface area (Å²) in [6, 6.07) is 9.44. The minimum Gasteiger partial charge on any atom is -0.496 e. The van der Waals surface area contributed by atoms with Crippen molar-refractivity contribution in [3.8, 4) is 5.75 Å². The molecule has 1 N–H and O–H groups in total. The number of methoxy groups -OCH3 is 1. The molecule has 0 heterocycles. The first-order valence-corrected chi connectivity index (χ1v) is 8.67. The molecular weight excluding hydrogens is 258 g/mol. The maximum atomic E-state index is 5.50. The molecule has 3 rings (SSSR count). The first kappa shape index (κ1) is 14.9. The van der Waals surface area contributed by atoms with Gasteiger partial charge in [0.05, 0.1) is 7.11 Å². The molecule has 0 radical (unpaired) electrons. The van der Waals surface area contributed by atoms with Crippen molar-refractivity contribution in [2.24, 2.45) is 11.8 Å². The van der Waals surface area contributed by atoms with Gasteiger partial charge < -0.3 is 10.1 Å². The predicted molar refractivity (Wildman–Crippen MR) is 87.6 cm³/mol. The van der Waals surface area contributed by atoms with E-state index >= 15 is 0 Å². The molecule has 116 valence electrons. The van der Waals surface area contributed by atoms with Crippen molar-refractivity contribution in [2.45, 2.75) is 64.0 Å². The highest BCUT2D eigenvalue weighted by molar-refractivity contribution is 5.35. The third-order valence-corrected chi connectivity index (χ3v) is 5.63. The second-order valence-electron chi connectivity index (χ2n) is 6.94. The molecule has 0 bridgehead atoms. The molecule has 0 spiro atoms. The zero-order valence-electron chi connectivity index (χ0n) is 13.5. The van der Waals surface area contributed by atoms with E-state index in [-0.39, 0.29) is 0 Å². The van der Waals surface area contributed by atoms with Gasteiger partial charge in [-0.1, -0.05) is 43.9 Å². The van der Waals surface area contributed by atoms with Crippen molar-refractivity contribution in [1.29, 1.82) is 0 Å². The Labute approximate surface area is 129 Å². The number of fused-ring (bicyclic) bond motifs is 1. The summed E-state index contributed by atoms with van der Waals surface area (Å²) in [7, 11) is 1.76. The van der Waals surface area contributed by atoms with Gasteiger partial charge in [-0.25, -0.2) is 0 Å². The van der Waals surface area contributed by atoms with Crippen LogP contribution >= 0.6 is 0 Å². The van der Waals surface area contributed by atoms with E-state index in [1.165, 1.54) is 50.5 Å². The minimum atomic E-state index is 0.367. The number of hydrogen-bond donors (Lipinski definition) is 1. The standard InChI is InChI=1S/C19H29NO/c1-14(18-9-5-6-10-19(18)21-2)20-17-12-11-15-7-3-4-8-16(15)13-17/h5-6,9-10,14-17,20H,3-4,7-8,11-13H2,1-2H3/t14-,15?,16?,17?/m0/s1. The average molecular weight is 287 g/mol. The lowest BCUT2D eigenvalue weighted by atomic mass is 9.69. The molecule has 0 aliphatic heterocycles. The van der Waals surface area contributed by atoms with Gasteiger partial charge in [0.25, 0.3) is 0 Å². The van der Waals surface area contributed by atoms with Gasteiger partial charge in [0.1, 0.15) is 5.75 Å².